The van der Waals surface area contributed by atoms with Gasteiger partial charge in [-0.15, -0.1) is 0 Å². The molecular formula is C11H17N. The summed E-state index contributed by atoms with van der Waals surface area (Å²) in [6.07, 6.45) is 7.77. The van der Waals surface area contributed by atoms with E-state index in [1.807, 2.05) is 0 Å². The van der Waals surface area contributed by atoms with Gasteiger partial charge in [0, 0.05) is 12.1 Å². The van der Waals surface area contributed by atoms with Crippen molar-refractivity contribution in [3.63, 3.8) is 0 Å². The highest BCUT2D eigenvalue weighted by molar-refractivity contribution is 5.15. The average Bonchev–Trinajstić information content (AvgIpc) is 2.66. The normalized spacial score (nSPS) is 61.5. The fourth-order valence-corrected chi connectivity index (χ4v) is 4.84. The van der Waals surface area contributed by atoms with Gasteiger partial charge in [0.15, 0.2) is 0 Å². The van der Waals surface area contributed by atoms with E-state index < -0.39 is 0 Å². The molecule has 2 saturated carbocycles. The Kier molecular flexibility index (Phi) is 1.01. The minimum atomic E-state index is 1.06. The molecule has 0 N–H and O–H groups in total. The number of hydrogen-bond donors (Lipinski definition) is 0. The van der Waals surface area contributed by atoms with E-state index in [0.29, 0.717) is 0 Å². The molecular weight excluding hydrogens is 146 g/mol. The second-order valence-electron chi connectivity index (χ2n) is 5.35. The van der Waals surface area contributed by atoms with Crippen molar-refractivity contribution >= 4 is 0 Å². The molecule has 0 aromatic heterocycles. The molecule has 2 aliphatic carbocycles. The van der Waals surface area contributed by atoms with Gasteiger partial charge in [-0.05, 0) is 56.4 Å². The van der Waals surface area contributed by atoms with Gasteiger partial charge < -0.3 is 0 Å². The van der Waals surface area contributed by atoms with Crippen molar-refractivity contribution in [2.45, 2.75) is 44.2 Å². The van der Waals surface area contributed by atoms with Crippen molar-refractivity contribution in [1.29, 1.82) is 0 Å². The summed E-state index contributed by atoms with van der Waals surface area (Å²) in [5.41, 5.74) is 0. The van der Waals surface area contributed by atoms with Gasteiger partial charge >= 0.3 is 0 Å². The third kappa shape index (κ3) is 0.527. The van der Waals surface area contributed by atoms with Crippen LogP contribution in [0.3, 0.4) is 0 Å². The first-order chi connectivity index (χ1) is 5.95. The second kappa shape index (κ2) is 1.89. The minimum Gasteiger partial charge on any atom is -0.296 e. The molecule has 4 fully saturated rings. The van der Waals surface area contributed by atoms with Crippen LogP contribution in [-0.4, -0.2) is 23.5 Å². The molecule has 0 aromatic rings. The van der Waals surface area contributed by atoms with Gasteiger partial charge in [0.2, 0.25) is 0 Å². The van der Waals surface area contributed by atoms with Gasteiger partial charge in [-0.25, -0.2) is 0 Å². The molecule has 0 aromatic carbocycles. The van der Waals surface area contributed by atoms with Crippen LogP contribution < -0.4 is 0 Å². The SMILES string of the molecule is C1CC2C3C4CCC(C4)C3N2C1. The number of fused-ring (bicyclic) bond motifs is 8. The van der Waals surface area contributed by atoms with Crippen molar-refractivity contribution < 1.29 is 0 Å². The van der Waals surface area contributed by atoms with Crippen molar-refractivity contribution in [2.24, 2.45) is 17.8 Å². The Balaban J connectivity index is 1.71. The predicted molar refractivity (Wildman–Crippen MR) is 47.8 cm³/mol. The predicted octanol–water partition coefficient (Wildman–Crippen LogP) is 1.88. The standard InChI is InChI=1S/C11H17N/c1-2-9-10-7-3-4-8(6-7)11(10)12(9)5-1/h7-11H,1-6H2. The third-order valence-electron chi connectivity index (χ3n) is 5.10. The Morgan fingerprint density at radius 3 is 2.92 bits per heavy atom. The summed E-state index contributed by atoms with van der Waals surface area (Å²) in [4.78, 5) is 2.84. The summed E-state index contributed by atoms with van der Waals surface area (Å²) in [5.74, 6) is 3.47. The fourth-order valence-electron chi connectivity index (χ4n) is 4.84. The van der Waals surface area contributed by atoms with Gasteiger partial charge in [-0.2, -0.15) is 0 Å². The molecule has 5 atom stereocenters. The molecule has 1 nitrogen and oxygen atoms in total. The van der Waals surface area contributed by atoms with E-state index in [0.717, 1.165) is 18.0 Å². The zero-order valence-electron chi connectivity index (χ0n) is 7.58. The maximum Gasteiger partial charge on any atom is 0.0172 e. The maximum absolute atomic E-state index is 2.84. The Bertz CT molecular complexity index is 203. The zero-order chi connectivity index (χ0) is 7.71. The largest absolute Gasteiger partial charge is 0.296 e. The zero-order valence-corrected chi connectivity index (χ0v) is 7.58. The van der Waals surface area contributed by atoms with Crippen LogP contribution >= 0.6 is 0 Å². The third-order valence-corrected chi connectivity index (χ3v) is 5.10. The van der Waals surface area contributed by atoms with Crippen molar-refractivity contribution in [2.75, 3.05) is 6.54 Å². The number of hydrogen-bond acceptors (Lipinski definition) is 1. The quantitative estimate of drug-likeness (QED) is 0.527. The Morgan fingerprint density at radius 2 is 1.92 bits per heavy atom. The first-order valence-electron chi connectivity index (χ1n) is 5.71. The monoisotopic (exact) mass is 163 g/mol. The van der Waals surface area contributed by atoms with E-state index in [9.17, 15) is 0 Å². The molecule has 2 bridgehead atoms. The molecule has 2 aliphatic heterocycles. The van der Waals surface area contributed by atoms with Crippen molar-refractivity contribution in [3.05, 3.63) is 0 Å². The lowest BCUT2D eigenvalue weighted by atomic mass is 9.71. The van der Waals surface area contributed by atoms with E-state index in [-0.39, 0.29) is 0 Å². The Morgan fingerprint density at radius 1 is 1.00 bits per heavy atom. The van der Waals surface area contributed by atoms with Crippen molar-refractivity contribution in [1.82, 2.24) is 4.90 Å². The highest BCUT2D eigenvalue weighted by Gasteiger charge is 2.62. The van der Waals surface area contributed by atoms with Crippen LogP contribution in [0.2, 0.25) is 0 Å². The topological polar surface area (TPSA) is 3.24 Å². The minimum absolute atomic E-state index is 1.06. The maximum atomic E-state index is 2.84. The molecule has 0 amide bonds. The highest BCUT2D eigenvalue weighted by atomic mass is 15.3. The molecule has 2 saturated heterocycles. The van der Waals surface area contributed by atoms with E-state index in [1.54, 1.807) is 19.3 Å². The smallest absolute Gasteiger partial charge is 0.0172 e. The highest BCUT2D eigenvalue weighted by Crippen LogP contribution is 2.60. The molecule has 1 heteroatoms. The van der Waals surface area contributed by atoms with Gasteiger partial charge in [0.25, 0.3) is 0 Å². The van der Waals surface area contributed by atoms with Crippen LogP contribution in [0.25, 0.3) is 0 Å². The molecule has 5 unspecified atom stereocenters. The summed E-state index contributed by atoms with van der Waals surface area (Å²) in [5, 5.41) is 0. The molecule has 0 radical (unpaired) electrons. The van der Waals surface area contributed by atoms with E-state index in [1.165, 1.54) is 31.2 Å². The molecule has 4 aliphatic rings. The first kappa shape index (κ1) is 6.42. The van der Waals surface area contributed by atoms with Crippen LogP contribution in [-0.2, 0) is 0 Å². The van der Waals surface area contributed by atoms with Crippen LogP contribution in [0.1, 0.15) is 32.1 Å². The summed E-state index contributed by atoms with van der Waals surface area (Å²) in [6.45, 7) is 1.44. The van der Waals surface area contributed by atoms with Crippen LogP contribution in [0.15, 0.2) is 0 Å². The van der Waals surface area contributed by atoms with E-state index >= 15 is 0 Å². The lowest BCUT2D eigenvalue weighted by Gasteiger charge is -2.54. The van der Waals surface area contributed by atoms with Crippen LogP contribution in [0, 0.1) is 17.8 Å². The lowest BCUT2D eigenvalue weighted by Crippen LogP contribution is -2.62. The van der Waals surface area contributed by atoms with Gasteiger partial charge in [0.05, 0.1) is 0 Å². The van der Waals surface area contributed by atoms with Gasteiger partial charge in [-0.3, -0.25) is 4.90 Å². The summed E-state index contributed by atoms with van der Waals surface area (Å²) in [7, 11) is 0. The summed E-state index contributed by atoms with van der Waals surface area (Å²) in [6, 6.07) is 2.14. The molecule has 4 rings (SSSR count). The van der Waals surface area contributed by atoms with Gasteiger partial charge in [-0.1, -0.05) is 0 Å². The number of nitrogens with zero attached hydrogens (tertiary/aromatic N) is 1. The van der Waals surface area contributed by atoms with E-state index in [2.05, 4.69) is 4.90 Å². The molecule has 66 valence electrons. The Labute approximate surface area is 74.1 Å². The number of rotatable bonds is 0. The fraction of sp³-hybridized carbons (Fsp3) is 1.00. The first-order valence-corrected chi connectivity index (χ1v) is 5.71. The van der Waals surface area contributed by atoms with Crippen LogP contribution in [0.5, 0.6) is 0 Å². The molecule has 0 spiro atoms. The lowest BCUT2D eigenvalue weighted by molar-refractivity contribution is -0.0579. The molecule has 12 heavy (non-hydrogen) atoms. The summed E-state index contributed by atoms with van der Waals surface area (Å²) >= 11 is 0. The second-order valence-corrected chi connectivity index (χ2v) is 5.35. The average molecular weight is 163 g/mol. The molecule has 2 heterocycles. The van der Waals surface area contributed by atoms with Crippen molar-refractivity contribution in [3.8, 4) is 0 Å². The Hall–Kier alpha value is -0.0400. The van der Waals surface area contributed by atoms with E-state index in [4.69, 9.17) is 0 Å². The van der Waals surface area contributed by atoms with Crippen LogP contribution in [0.4, 0.5) is 0 Å². The van der Waals surface area contributed by atoms with Gasteiger partial charge in [0.1, 0.15) is 0 Å². The summed E-state index contributed by atoms with van der Waals surface area (Å²) < 4.78 is 0.